The lowest BCUT2D eigenvalue weighted by Crippen LogP contribution is -1.86. The fourth-order valence-electron chi connectivity index (χ4n) is 0.897. The second-order valence-corrected chi connectivity index (χ2v) is 2.26. The van der Waals surface area contributed by atoms with E-state index >= 15 is 0 Å². The highest BCUT2D eigenvalue weighted by Crippen LogP contribution is 2.18. The molecule has 0 aliphatic heterocycles. The SMILES string of the molecule is CCc1ccnc(C)c1O. The van der Waals surface area contributed by atoms with E-state index in [0.29, 0.717) is 11.4 Å². The van der Waals surface area contributed by atoms with E-state index < -0.39 is 0 Å². The highest BCUT2D eigenvalue weighted by Gasteiger charge is 2.00. The third-order valence-corrected chi connectivity index (χ3v) is 1.57. The monoisotopic (exact) mass is 137 g/mol. The van der Waals surface area contributed by atoms with Gasteiger partial charge in [0.05, 0.1) is 5.69 Å². The molecule has 0 radical (unpaired) electrons. The predicted octanol–water partition coefficient (Wildman–Crippen LogP) is 1.66. The molecule has 0 saturated heterocycles. The van der Waals surface area contributed by atoms with Crippen molar-refractivity contribution >= 4 is 0 Å². The zero-order chi connectivity index (χ0) is 7.56. The van der Waals surface area contributed by atoms with Crippen molar-refractivity contribution in [2.45, 2.75) is 20.3 Å². The first kappa shape index (κ1) is 7.06. The summed E-state index contributed by atoms with van der Waals surface area (Å²) in [6.45, 7) is 3.81. The molecule has 2 heteroatoms. The summed E-state index contributed by atoms with van der Waals surface area (Å²) in [4.78, 5) is 3.94. The lowest BCUT2D eigenvalue weighted by atomic mass is 10.1. The van der Waals surface area contributed by atoms with Crippen LogP contribution < -0.4 is 0 Å². The van der Waals surface area contributed by atoms with E-state index in [4.69, 9.17) is 0 Å². The van der Waals surface area contributed by atoms with Crippen LogP contribution in [0.3, 0.4) is 0 Å². The molecule has 2 nitrogen and oxygen atoms in total. The van der Waals surface area contributed by atoms with Gasteiger partial charge >= 0.3 is 0 Å². The minimum Gasteiger partial charge on any atom is -0.506 e. The lowest BCUT2D eigenvalue weighted by molar-refractivity contribution is 0.461. The van der Waals surface area contributed by atoms with E-state index in [1.54, 1.807) is 13.1 Å². The molecule has 0 bridgehead atoms. The van der Waals surface area contributed by atoms with Crippen molar-refractivity contribution in [2.24, 2.45) is 0 Å². The Morgan fingerprint density at radius 3 is 2.80 bits per heavy atom. The van der Waals surface area contributed by atoms with Crippen LogP contribution in [0.1, 0.15) is 18.2 Å². The maximum Gasteiger partial charge on any atom is 0.139 e. The van der Waals surface area contributed by atoms with Gasteiger partial charge in [0.1, 0.15) is 5.75 Å². The second-order valence-electron chi connectivity index (χ2n) is 2.26. The van der Waals surface area contributed by atoms with Crippen LogP contribution in [-0.4, -0.2) is 10.1 Å². The highest BCUT2D eigenvalue weighted by atomic mass is 16.3. The first-order valence-electron chi connectivity index (χ1n) is 3.39. The van der Waals surface area contributed by atoms with E-state index in [1.165, 1.54) is 0 Å². The normalized spacial score (nSPS) is 9.80. The van der Waals surface area contributed by atoms with Crippen LogP contribution in [0.2, 0.25) is 0 Å². The summed E-state index contributed by atoms with van der Waals surface area (Å²) in [5, 5.41) is 9.34. The summed E-state index contributed by atoms with van der Waals surface area (Å²) >= 11 is 0. The Balaban J connectivity index is 3.14. The Morgan fingerprint density at radius 1 is 1.60 bits per heavy atom. The Labute approximate surface area is 60.5 Å². The van der Waals surface area contributed by atoms with Crippen LogP contribution in [0, 0.1) is 6.92 Å². The quantitative estimate of drug-likeness (QED) is 0.638. The first-order valence-corrected chi connectivity index (χ1v) is 3.39. The van der Waals surface area contributed by atoms with Crippen LogP contribution in [0.25, 0.3) is 0 Å². The molecule has 1 aromatic heterocycles. The third-order valence-electron chi connectivity index (χ3n) is 1.57. The minimum atomic E-state index is 0.338. The van der Waals surface area contributed by atoms with Gasteiger partial charge in [-0.25, -0.2) is 0 Å². The maximum atomic E-state index is 9.34. The summed E-state index contributed by atoms with van der Waals surface area (Å²) in [5.74, 6) is 0.338. The molecule has 1 aromatic rings. The van der Waals surface area contributed by atoms with Crippen molar-refractivity contribution in [2.75, 3.05) is 0 Å². The van der Waals surface area contributed by atoms with E-state index in [2.05, 4.69) is 4.98 Å². The number of aromatic nitrogens is 1. The fourth-order valence-corrected chi connectivity index (χ4v) is 0.897. The molecule has 1 heterocycles. The van der Waals surface area contributed by atoms with Gasteiger partial charge in [0.25, 0.3) is 0 Å². The van der Waals surface area contributed by atoms with Gasteiger partial charge < -0.3 is 5.11 Å². The van der Waals surface area contributed by atoms with Gasteiger partial charge in [-0.15, -0.1) is 0 Å². The summed E-state index contributed by atoms with van der Waals surface area (Å²) in [6, 6.07) is 1.84. The van der Waals surface area contributed by atoms with E-state index in [0.717, 1.165) is 12.0 Å². The highest BCUT2D eigenvalue weighted by molar-refractivity contribution is 5.34. The molecule has 54 valence electrons. The van der Waals surface area contributed by atoms with E-state index in [9.17, 15) is 5.11 Å². The fraction of sp³-hybridized carbons (Fsp3) is 0.375. The van der Waals surface area contributed by atoms with Crippen molar-refractivity contribution in [1.29, 1.82) is 0 Å². The van der Waals surface area contributed by atoms with Crippen LogP contribution in [-0.2, 0) is 6.42 Å². The van der Waals surface area contributed by atoms with Gasteiger partial charge in [0, 0.05) is 6.20 Å². The Morgan fingerprint density at radius 2 is 2.30 bits per heavy atom. The van der Waals surface area contributed by atoms with E-state index in [1.807, 2.05) is 13.0 Å². The zero-order valence-corrected chi connectivity index (χ0v) is 6.26. The first-order chi connectivity index (χ1) is 4.75. The van der Waals surface area contributed by atoms with Crippen LogP contribution in [0.5, 0.6) is 5.75 Å². The Bertz CT molecular complexity index is 233. The molecule has 0 atom stereocenters. The van der Waals surface area contributed by atoms with Crippen LogP contribution in [0.15, 0.2) is 12.3 Å². The zero-order valence-electron chi connectivity index (χ0n) is 6.26. The van der Waals surface area contributed by atoms with Crippen LogP contribution >= 0.6 is 0 Å². The predicted molar refractivity (Wildman–Crippen MR) is 40.0 cm³/mol. The molecular formula is C8H11NO. The molecule has 10 heavy (non-hydrogen) atoms. The number of aromatic hydroxyl groups is 1. The third kappa shape index (κ3) is 1.10. The van der Waals surface area contributed by atoms with E-state index in [-0.39, 0.29) is 0 Å². The number of hydrogen-bond acceptors (Lipinski definition) is 2. The van der Waals surface area contributed by atoms with Crippen LogP contribution in [0.4, 0.5) is 0 Å². The average Bonchev–Trinajstić information content (AvgIpc) is 1.95. The Hall–Kier alpha value is -1.05. The second kappa shape index (κ2) is 2.69. The number of nitrogens with zero attached hydrogens (tertiary/aromatic N) is 1. The molecule has 0 unspecified atom stereocenters. The molecule has 0 saturated carbocycles. The molecular weight excluding hydrogens is 126 g/mol. The molecule has 0 amide bonds. The molecule has 0 aromatic carbocycles. The number of hydrogen-bond donors (Lipinski definition) is 1. The molecule has 0 aliphatic rings. The van der Waals surface area contributed by atoms with Gasteiger partial charge in [-0.2, -0.15) is 0 Å². The number of aryl methyl sites for hydroxylation is 2. The van der Waals surface area contributed by atoms with Gasteiger partial charge in [0.2, 0.25) is 0 Å². The van der Waals surface area contributed by atoms with Gasteiger partial charge in [-0.1, -0.05) is 6.92 Å². The minimum absolute atomic E-state index is 0.338. The molecule has 1 N–H and O–H groups in total. The summed E-state index contributed by atoms with van der Waals surface area (Å²) in [7, 11) is 0. The molecule has 0 fully saturated rings. The van der Waals surface area contributed by atoms with Gasteiger partial charge in [-0.05, 0) is 25.0 Å². The molecule has 0 spiro atoms. The van der Waals surface area contributed by atoms with Crippen molar-refractivity contribution < 1.29 is 5.11 Å². The Kier molecular flexibility index (Phi) is 1.90. The largest absolute Gasteiger partial charge is 0.506 e. The van der Waals surface area contributed by atoms with Crippen molar-refractivity contribution in [3.8, 4) is 5.75 Å². The molecule has 1 rings (SSSR count). The summed E-state index contributed by atoms with van der Waals surface area (Å²) in [6.07, 6.45) is 2.57. The van der Waals surface area contributed by atoms with Gasteiger partial charge in [0.15, 0.2) is 0 Å². The van der Waals surface area contributed by atoms with Crippen molar-refractivity contribution in [1.82, 2.24) is 4.98 Å². The smallest absolute Gasteiger partial charge is 0.139 e. The standard InChI is InChI=1S/C8H11NO/c1-3-7-4-5-9-6(2)8(7)10/h4-5,10H,3H2,1-2H3. The number of rotatable bonds is 1. The molecule has 0 aliphatic carbocycles. The lowest BCUT2D eigenvalue weighted by Gasteiger charge is -2.01. The van der Waals surface area contributed by atoms with Gasteiger partial charge in [-0.3, -0.25) is 4.98 Å². The average molecular weight is 137 g/mol. The topological polar surface area (TPSA) is 33.1 Å². The van der Waals surface area contributed by atoms with Crippen molar-refractivity contribution in [3.63, 3.8) is 0 Å². The summed E-state index contributed by atoms with van der Waals surface area (Å²) < 4.78 is 0. The number of pyridine rings is 1. The van der Waals surface area contributed by atoms with Crippen molar-refractivity contribution in [3.05, 3.63) is 23.5 Å². The summed E-state index contributed by atoms with van der Waals surface area (Å²) in [5.41, 5.74) is 1.67. The maximum absolute atomic E-state index is 9.34.